The minimum atomic E-state index is -1.63. The average Bonchev–Trinajstić information content (AvgIpc) is 1.97. The number of ketones is 1. The predicted molar refractivity (Wildman–Crippen MR) is 67.6 cm³/mol. The van der Waals surface area contributed by atoms with E-state index in [9.17, 15) is 4.79 Å². The Morgan fingerprint density at radius 1 is 1.33 bits per heavy atom. The zero-order chi connectivity index (χ0) is 12.3. The van der Waals surface area contributed by atoms with Gasteiger partial charge in [-0.15, -0.1) is 0 Å². The number of carbonyl (C=O) groups excluding carboxylic acids is 1. The molecule has 0 saturated heterocycles. The molecule has 0 unspecified atom stereocenters. The normalized spacial score (nSPS) is 15.1. The Labute approximate surface area is 95.5 Å². The molecule has 3 heteroatoms. The fourth-order valence-electron chi connectivity index (χ4n) is 1.12. The molecule has 90 valence electrons. The summed E-state index contributed by atoms with van der Waals surface area (Å²) in [5, 5.41) is 0.253. The number of Topliss-reactive ketones (excluding diaryl/α,β-unsaturated/α-hetero) is 1. The summed E-state index contributed by atoms with van der Waals surface area (Å²) in [6, 6.07) is 0. The molecule has 0 aromatic heterocycles. The van der Waals surface area contributed by atoms with Crippen LogP contribution < -0.4 is 0 Å². The molecule has 0 amide bonds. The van der Waals surface area contributed by atoms with Gasteiger partial charge in [0.05, 0.1) is 0 Å². The molecule has 0 rings (SSSR count). The minimum Gasteiger partial charge on any atom is -0.417 e. The Hall–Kier alpha value is -0.153. The van der Waals surface area contributed by atoms with E-state index in [4.69, 9.17) is 4.43 Å². The van der Waals surface area contributed by atoms with Crippen LogP contribution in [0.25, 0.3) is 0 Å². The summed E-state index contributed by atoms with van der Waals surface area (Å²) >= 11 is 0. The van der Waals surface area contributed by atoms with Crippen LogP contribution in [0.5, 0.6) is 0 Å². The van der Waals surface area contributed by atoms with Crippen LogP contribution in [0, 0.1) is 5.92 Å². The summed E-state index contributed by atoms with van der Waals surface area (Å²) in [5.74, 6) is 0.595. The molecule has 0 aromatic rings. The van der Waals surface area contributed by atoms with Crippen molar-refractivity contribution in [3.05, 3.63) is 0 Å². The molecule has 0 spiro atoms. The van der Waals surface area contributed by atoms with Crippen molar-refractivity contribution in [2.24, 2.45) is 5.92 Å². The fourth-order valence-corrected chi connectivity index (χ4v) is 2.25. The first-order valence-electron chi connectivity index (χ1n) is 5.69. The van der Waals surface area contributed by atoms with E-state index in [-0.39, 0.29) is 10.8 Å². The van der Waals surface area contributed by atoms with Crippen molar-refractivity contribution in [1.29, 1.82) is 0 Å². The van der Waals surface area contributed by atoms with Gasteiger partial charge in [0.2, 0.25) is 0 Å². The first-order valence-corrected chi connectivity index (χ1v) is 8.60. The highest BCUT2D eigenvalue weighted by atomic mass is 28.4. The summed E-state index contributed by atoms with van der Waals surface area (Å²) < 4.78 is 6.04. The minimum absolute atomic E-state index is 0.251. The van der Waals surface area contributed by atoms with Crippen molar-refractivity contribution in [2.75, 3.05) is 6.61 Å². The Balaban J connectivity index is 4.10. The van der Waals surface area contributed by atoms with E-state index in [1.807, 2.05) is 0 Å². The van der Waals surface area contributed by atoms with Crippen molar-refractivity contribution in [2.45, 2.75) is 59.2 Å². The van der Waals surface area contributed by atoms with Gasteiger partial charge in [0.15, 0.2) is 8.32 Å². The lowest BCUT2D eigenvalue weighted by molar-refractivity contribution is -0.118. The van der Waals surface area contributed by atoms with Gasteiger partial charge in [-0.2, -0.15) is 0 Å². The highest BCUT2D eigenvalue weighted by Gasteiger charge is 2.37. The van der Waals surface area contributed by atoms with E-state index < -0.39 is 8.32 Å². The van der Waals surface area contributed by atoms with Gasteiger partial charge in [0, 0.05) is 13.0 Å². The molecule has 0 aliphatic carbocycles. The largest absolute Gasteiger partial charge is 0.417 e. The van der Waals surface area contributed by atoms with Crippen molar-refractivity contribution < 1.29 is 9.22 Å². The number of hydrogen-bond donors (Lipinski definition) is 0. The topological polar surface area (TPSA) is 26.3 Å². The van der Waals surface area contributed by atoms with Gasteiger partial charge in [0.1, 0.15) is 5.78 Å². The molecular formula is C12H26O2Si. The molecule has 0 saturated carbocycles. The van der Waals surface area contributed by atoms with Gasteiger partial charge < -0.3 is 9.22 Å². The quantitative estimate of drug-likeness (QED) is 0.674. The van der Waals surface area contributed by atoms with Crippen molar-refractivity contribution >= 4 is 14.1 Å². The molecule has 15 heavy (non-hydrogen) atoms. The van der Waals surface area contributed by atoms with Gasteiger partial charge in [-0.1, -0.05) is 27.7 Å². The molecule has 0 radical (unpaired) electrons. The molecule has 2 nitrogen and oxygen atoms in total. The van der Waals surface area contributed by atoms with Gasteiger partial charge in [-0.25, -0.2) is 0 Å². The smallest absolute Gasteiger partial charge is 0.191 e. The number of rotatable bonds is 5. The van der Waals surface area contributed by atoms with Crippen molar-refractivity contribution in [1.82, 2.24) is 0 Å². The maximum atomic E-state index is 10.9. The van der Waals surface area contributed by atoms with Crippen molar-refractivity contribution in [3.63, 3.8) is 0 Å². The maximum absolute atomic E-state index is 10.9. The molecule has 0 N–H and O–H groups in total. The number of carbonyl (C=O) groups is 1. The predicted octanol–water partition coefficient (Wildman–Crippen LogP) is 3.62. The van der Waals surface area contributed by atoms with Crippen LogP contribution in [0.4, 0.5) is 0 Å². The average molecular weight is 230 g/mol. The lowest BCUT2D eigenvalue weighted by atomic mass is 10.1. The zero-order valence-electron chi connectivity index (χ0n) is 11.3. The van der Waals surface area contributed by atoms with Crippen LogP contribution in [0.2, 0.25) is 18.1 Å². The maximum Gasteiger partial charge on any atom is 0.191 e. The van der Waals surface area contributed by atoms with Crippen LogP contribution >= 0.6 is 0 Å². The van der Waals surface area contributed by atoms with Gasteiger partial charge in [-0.3, -0.25) is 0 Å². The molecule has 1 atom stereocenters. The highest BCUT2D eigenvalue weighted by Crippen LogP contribution is 2.36. The molecule has 0 aliphatic heterocycles. The second-order valence-electron chi connectivity index (χ2n) is 6.08. The standard InChI is InChI=1S/C12H26O2Si/c1-10(8-11(2)13)9-14-15(6,7)12(3,4)5/h10H,8-9H2,1-7H3/t10-/m1/s1. The second kappa shape index (κ2) is 5.26. The zero-order valence-corrected chi connectivity index (χ0v) is 12.3. The van der Waals surface area contributed by atoms with Crippen LogP contribution in [-0.4, -0.2) is 20.7 Å². The Kier molecular flexibility index (Phi) is 5.20. The van der Waals surface area contributed by atoms with Crippen molar-refractivity contribution in [3.8, 4) is 0 Å². The molecule has 0 aliphatic rings. The summed E-state index contributed by atoms with van der Waals surface area (Å²) in [4.78, 5) is 10.9. The summed E-state index contributed by atoms with van der Waals surface area (Å²) in [7, 11) is -1.63. The highest BCUT2D eigenvalue weighted by molar-refractivity contribution is 6.74. The molecule has 0 aromatic carbocycles. The van der Waals surface area contributed by atoms with Crippen LogP contribution in [0.1, 0.15) is 41.0 Å². The molecule has 0 fully saturated rings. The third-order valence-electron chi connectivity index (χ3n) is 3.17. The second-order valence-corrected chi connectivity index (χ2v) is 10.9. The molecule has 0 bridgehead atoms. The van der Waals surface area contributed by atoms with Crippen LogP contribution in [0.3, 0.4) is 0 Å². The van der Waals surface area contributed by atoms with Gasteiger partial charge in [0.25, 0.3) is 0 Å². The third kappa shape index (κ3) is 5.47. The van der Waals surface area contributed by atoms with Crippen LogP contribution in [0.15, 0.2) is 0 Å². The lowest BCUT2D eigenvalue weighted by Gasteiger charge is -2.36. The molecular weight excluding hydrogens is 204 g/mol. The van der Waals surface area contributed by atoms with Gasteiger partial charge >= 0.3 is 0 Å². The number of hydrogen-bond acceptors (Lipinski definition) is 2. The Morgan fingerprint density at radius 3 is 2.13 bits per heavy atom. The molecule has 0 heterocycles. The van der Waals surface area contributed by atoms with E-state index in [0.29, 0.717) is 12.3 Å². The van der Waals surface area contributed by atoms with E-state index in [2.05, 4.69) is 40.8 Å². The summed E-state index contributed by atoms with van der Waals surface area (Å²) in [6.07, 6.45) is 0.634. The Bertz CT molecular complexity index is 216. The van der Waals surface area contributed by atoms with E-state index in [0.717, 1.165) is 6.61 Å². The fraction of sp³-hybridized carbons (Fsp3) is 0.917. The van der Waals surface area contributed by atoms with Gasteiger partial charge in [-0.05, 0) is 31.0 Å². The Morgan fingerprint density at radius 2 is 1.80 bits per heavy atom. The van der Waals surface area contributed by atoms with Crippen LogP contribution in [-0.2, 0) is 9.22 Å². The van der Waals surface area contributed by atoms with E-state index in [1.54, 1.807) is 6.92 Å². The summed E-state index contributed by atoms with van der Waals surface area (Å²) in [6.45, 7) is 15.6. The lowest BCUT2D eigenvalue weighted by Crippen LogP contribution is -2.41. The first-order chi connectivity index (χ1) is 6.56. The SMILES string of the molecule is CC(=O)C[C@@H](C)CO[Si](C)(C)C(C)(C)C. The third-order valence-corrected chi connectivity index (χ3v) is 7.67. The summed E-state index contributed by atoms with van der Waals surface area (Å²) in [5.41, 5.74) is 0. The first kappa shape index (κ1) is 14.8. The van der Waals surface area contributed by atoms with E-state index in [1.165, 1.54) is 0 Å². The monoisotopic (exact) mass is 230 g/mol. The van der Waals surface area contributed by atoms with E-state index >= 15 is 0 Å².